The van der Waals surface area contributed by atoms with Crippen molar-refractivity contribution in [2.75, 3.05) is 19.5 Å². The number of benzene rings is 3. The standard InChI is InChI=1S/C25H20Cl2N2O3/c1-14-23(25(30)29-21-13-16(31-2)9-11-22(21)32-3)18-6-4-5-7-20(18)28-24(14)17-10-8-15(26)12-19(17)27/h4-13H,1-3H3,(H,29,30). The number of rotatable bonds is 5. The van der Waals surface area contributed by atoms with Gasteiger partial charge in [0, 0.05) is 22.0 Å². The van der Waals surface area contributed by atoms with Crippen molar-refractivity contribution < 1.29 is 14.3 Å². The Balaban J connectivity index is 1.89. The molecule has 3 aromatic carbocycles. The molecule has 1 N–H and O–H groups in total. The van der Waals surface area contributed by atoms with Gasteiger partial charge in [-0.05, 0) is 48.9 Å². The molecular weight excluding hydrogens is 447 g/mol. The third-order valence-corrected chi connectivity index (χ3v) is 5.75. The number of nitrogens with one attached hydrogen (secondary N) is 1. The van der Waals surface area contributed by atoms with Gasteiger partial charge in [-0.1, -0.05) is 41.4 Å². The summed E-state index contributed by atoms with van der Waals surface area (Å²) in [4.78, 5) is 18.3. The lowest BCUT2D eigenvalue weighted by atomic mass is 9.97. The minimum Gasteiger partial charge on any atom is -0.497 e. The molecule has 0 spiro atoms. The molecule has 0 aliphatic carbocycles. The van der Waals surface area contributed by atoms with Gasteiger partial charge in [0.2, 0.25) is 0 Å². The highest BCUT2D eigenvalue weighted by Crippen LogP contribution is 2.36. The Morgan fingerprint density at radius 2 is 1.75 bits per heavy atom. The first-order valence-electron chi connectivity index (χ1n) is 9.81. The summed E-state index contributed by atoms with van der Waals surface area (Å²) in [5.41, 5.74) is 3.71. The maximum absolute atomic E-state index is 13.5. The largest absolute Gasteiger partial charge is 0.497 e. The molecule has 4 rings (SSSR count). The number of hydrogen-bond donors (Lipinski definition) is 1. The van der Waals surface area contributed by atoms with Crippen LogP contribution in [0.4, 0.5) is 5.69 Å². The van der Waals surface area contributed by atoms with Crippen molar-refractivity contribution in [2.45, 2.75) is 6.92 Å². The van der Waals surface area contributed by atoms with Crippen molar-refractivity contribution in [1.29, 1.82) is 0 Å². The van der Waals surface area contributed by atoms with Crippen LogP contribution in [-0.2, 0) is 0 Å². The van der Waals surface area contributed by atoms with Gasteiger partial charge in [-0.25, -0.2) is 4.98 Å². The zero-order valence-corrected chi connectivity index (χ0v) is 19.2. The summed E-state index contributed by atoms with van der Waals surface area (Å²) in [5.74, 6) is 0.834. The predicted molar refractivity (Wildman–Crippen MR) is 129 cm³/mol. The quantitative estimate of drug-likeness (QED) is 0.351. The van der Waals surface area contributed by atoms with E-state index in [1.54, 1.807) is 44.6 Å². The van der Waals surface area contributed by atoms with Gasteiger partial charge < -0.3 is 14.8 Å². The number of carbonyl (C=O) groups excluding carboxylic acids is 1. The molecule has 0 bridgehead atoms. The Morgan fingerprint density at radius 3 is 2.47 bits per heavy atom. The van der Waals surface area contributed by atoms with Gasteiger partial charge in [-0.3, -0.25) is 4.79 Å². The van der Waals surface area contributed by atoms with Crippen molar-refractivity contribution in [3.63, 3.8) is 0 Å². The lowest BCUT2D eigenvalue weighted by Crippen LogP contribution is -2.16. The molecule has 7 heteroatoms. The second-order valence-corrected chi connectivity index (χ2v) is 7.97. The van der Waals surface area contributed by atoms with Crippen molar-refractivity contribution >= 4 is 45.7 Å². The van der Waals surface area contributed by atoms with E-state index in [0.29, 0.717) is 55.1 Å². The minimum atomic E-state index is -0.293. The fraction of sp³-hybridized carbons (Fsp3) is 0.120. The second kappa shape index (κ2) is 9.07. The first-order valence-corrected chi connectivity index (χ1v) is 10.6. The number of fused-ring (bicyclic) bond motifs is 1. The van der Waals surface area contributed by atoms with Gasteiger partial charge in [-0.2, -0.15) is 0 Å². The molecule has 162 valence electrons. The Bertz CT molecular complexity index is 1340. The van der Waals surface area contributed by atoms with Crippen LogP contribution in [0.3, 0.4) is 0 Å². The summed E-state index contributed by atoms with van der Waals surface area (Å²) in [7, 11) is 3.11. The number of carbonyl (C=O) groups is 1. The second-order valence-electron chi connectivity index (χ2n) is 7.12. The monoisotopic (exact) mass is 466 g/mol. The molecule has 5 nitrogen and oxygen atoms in total. The van der Waals surface area contributed by atoms with Crippen LogP contribution < -0.4 is 14.8 Å². The highest BCUT2D eigenvalue weighted by Gasteiger charge is 2.21. The smallest absolute Gasteiger partial charge is 0.256 e. The van der Waals surface area contributed by atoms with Gasteiger partial charge in [0.15, 0.2) is 0 Å². The van der Waals surface area contributed by atoms with E-state index in [2.05, 4.69) is 5.32 Å². The van der Waals surface area contributed by atoms with E-state index in [-0.39, 0.29) is 5.91 Å². The van der Waals surface area contributed by atoms with Gasteiger partial charge in [0.05, 0.1) is 41.7 Å². The average Bonchev–Trinajstić information content (AvgIpc) is 2.78. The topological polar surface area (TPSA) is 60.5 Å². The number of aromatic nitrogens is 1. The summed E-state index contributed by atoms with van der Waals surface area (Å²) in [6.45, 7) is 1.86. The molecule has 0 atom stereocenters. The van der Waals surface area contributed by atoms with Gasteiger partial charge in [0.25, 0.3) is 5.91 Å². The first-order chi connectivity index (χ1) is 15.4. The van der Waals surface area contributed by atoms with E-state index in [9.17, 15) is 4.79 Å². The molecular formula is C25H20Cl2N2O3. The molecule has 0 aliphatic heterocycles. The third kappa shape index (κ3) is 4.09. The van der Waals surface area contributed by atoms with E-state index in [1.807, 2.05) is 37.3 Å². The third-order valence-electron chi connectivity index (χ3n) is 5.20. The maximum Gasteiger partial charge on any atom is 0.256 e. The zero-order valence-electron chi connectivity index (χ0n) is 17.7. The van der Waals surface area contributed by atoms with Crippen LogP contribution in [0.25, 0.3) is 22.2 Å². The Labute approximate surface area is 195 Å². The molecule has 0 aliphatic rings. The number of anilines is 1. The summed E-state index contributed by atoms with van der Waals surface area (Å²) in [6.07, 6.45) is 0. The molecule has 0 unspecified atom stereocenters. The van der Waals surface area contributed by atoms with Crippen LogP contribution in [0.1, 0.15) is 15.9 Å². The van der Waals surface area contributed by atoms with E-state index >= 15 is 0 Å². The summed E-state index contributed by atoms with van der Waals surface area (Å²) in [5, 5.41) is 4.69. The minimum absolute atomic E-state index is 0.293. The molecule has 0 saturated heterocycles. The van der Waals surface area contributed by atoms with Gasteiger partial charge >= 0.3 is 0 Å². The molecule has 0 saturated carbocycles. The molecule has 32 heavy (non-hydrogen) atoms. The molecule has 4 aromatic rings. The SMILES string of the molecule is COc1ccc(OC)c(NC(=O)c2c(C)c(-c3ccc(Cl)cc3Cl)nc3ccccc23)c1. The Hall–Kier alpha value is -3.28. The molecule has 1 aromatic heterocycles. The van der Waals surface area contributed by atoms with E-state index in [0.717, 1.165) is 5.39 Å². The number of pyridine rings is 1. The van der Waals surface area contributed by atoms with Gasteiger partial charge in [-0.15, -0.1) is 0 Å². The van der Waals surface area contributed by atoms with Crippen LogP contribution in [0.2, 0.25) is 10.0 Å². The fourth-order valence-electron chi connectivity index (χ4n) is 3.64. The van der Waals surface area contributed by atoms with Crippen molar-refractivity contribution in [3.8, 4) is 22.8 Å². The summed E-state index contributed by atoms with van der Waals surface area (Å²) < 4.78 is 10.7. The number of hydrogen-bond acceptors (Lipinski definition) is 4. The molecule has 1 heterocycles. The molecule has 1 amide bonds. The van der Waals surface area contributed by atoms with Crippen LogP contribution in [0.15, 0.2) is 60.7 Å². The predicted octanol–water partition coefficient (Wildman–Crippen LogP) is 6.79. The van der Waals surface area contributed by atoms with Crippen molar-refractivity contribution in [3.05, 3.63) is 81.8 Å². The Kier molecular flexibility index (Phi) is 6.21. The number of amides is 1. The Morgan fingerprint density at radius 1 is 0.969 bits per heavy atom. The average molecular weight is 467 g/mol. The fourth-order valence-corrected chi connectivity index (χ4v) is 4.14. The first kappa shape index (κ1) is 21.9. The van der Waals surface area contributed by atoms with E-state index < -0.39 is 0 Å². The summed E-state index contributed by atoms with van der Waals surface area (Å²) in [6, 6.07) is 17.9. The van der Waals surface area contributed by atoms with Crippen molar-refractivity contribution in [1.82, 2.24) is 4.98 Å². The number of methoxy groups -OCH3 is 2. The van der Waals surface area contributed by atoms with Crippen LogP contribution in [-0.4, -0.2) is 25.1 Å². The number of ether oxygens (including phenoxy) is 2. The van der Waals surface area contributed by atoms with E-state index in [1.165, 1.54) is 0 Å². The highest BCUT2D eigenvalue weighted by atomic mass is 35.5. The number of nitrogens with zero attached hydrogens (tertiary/aromatic N) is 1. The van der Waals surface area contributed by atoms with Crippen LogP contribution >= 0.6 is 23.2 Å². The van der Waals surface area contributed by atoms with Gasteiger partial charge in [0.1, 0.15) is 11.5 Å². The summed E-state index contributed by atoms with van der Waals surface area (Å²) >= 11 is 12.5. The normalized spacial score (nSPS) is 10.8. The highest BCUT2D eigenvalue weighted by molar-refractivity contribution is 6.36. The lowest BCUT2D eigenvalue weighted by molar-refractivity contribution is 0.102. The van der Waals surface area contributed by atoms with Crippen LogP contribution in [0.5, 0.6) is 11.5 Å². The van der Waals surface area contributed by atoms with E-state index in [4.69, 9.17) is 37.7 Å². The molecule has 0 radical (unpaired) electrons. The number of para-hydroxylation sites is 1. The zero-order chi connectivity index (χ0) is 22.8. The molecule has 0 fully saturated rings. The number of halogens is 2. The lowest BCUT2D eigenvalue weighted by Gasteiger charge is -2.17. The van der Waals surface area contributed by atoms with Crippen molar-refractivity contribution in [2.24, 2.45) is 0 Å². The van der Waals surface area contributed by atoms with Crippen LogP contribution in [0, 0.1) is 6.92 Å². The maximum atomic E-state index is 13.5.